The highest BCUT2D eigenvalue weighted by molar-refractivity contribution is 6.73. The van der Waals surface area contributed by atoms with Crippen LogP contribution in [0.15, 0.2) is 94.8 Å². The number of Topliss-reactive ketones (excluding diaryl/α,β-unsaturated/α-hetero) is 1. The molecule has 0 radical (unpaired) electrons. The zero-order valence-electron chi connectivity index (χ0n) is 47.3. The highest BCUT2D eigenvalue weighted by Crippen LogP contribution is 2.65. The van der Waals surface area contributed by atoms with Crippen molar-refractivity contribution in [3.05, 3.63) is 107 Å². The van der Waals surface area contributed by atoms with Gasteiger partial charge in [-0.2, -0.15) is 0 Å². The van der Waals surface area contributed by atoms with Gasteiger partial charge in [0, 0.05) is 56.9 Å². The molecule has 79 heavy (non-hydrogen) atoms. The standard InChI is InChI=1S/C59H77N3O16Si/c1-12-79(13-2,14-3)78-42-31-43-58(35-72-43,76-37(5)63)48-50(75-51(65)39-23-19-16-20-24-39)59(69)32-41(36(4)44(55(59,6)7)46(49(64)57(42,48)10)74-53(67)61-28-26-60(11)27-29-61)73-52(66)47-45(40-25-30-70-34-40)62(56(8,9)77-47)54(68)71-33-38-21-17-15-18-22-38/h15-25,30,34,41-43,45-48,50,69H,12-14,26-29,31-33,35H2,1-11H3/t41-,42-,43+,45-,46+,47+,48?,50?,57+,58-,59+/m0/s1. The van der Waals surface area contributed by atoms with Gasteiger partial charge in [-0.25, -0.2) is 19.2 Å². The molecule has 5 fully saturated rings. The number of rotatable bonds is 14. The minimum absolute atomic E-state index is 0.0743. The molecule has 3 aliphatic heterocycles. The lowest BCUT2D eigenvalue weighted by atomic mass is 9.44. The lowest BCUT2D eigenvalue weighted by Gasteiger charge is -2.68. The van der Waals surface area contributed by atoms with E-state index in [1.165, 1.54) is 29.2 Å². The number of furan rings is 1. The number of benzene rings is 2. The van der Waals surface area contributed by atoms with Crippen molar-refractivity contribution in [2.75, 3.05) is 39.8 Å². The number of likely N-dealkylation sites (N-methyl/N-ethyl adjacent to an activating group) is 1. The third kappa shape index (κ3) is 10.0. The minimum atomic E-state index is -2.69. The van der Waals surface area contributed by atoms with E-state index in [2.05, 4.69) is 25.7 Å². The number of ketones is 1. The van der Waals surface area contributed by atoms with Crippen molar-refractivity contribution in [3.8, 4) is 0 Å². The van der Waals surface area contributed by atoms with E-state index in [0.29, 0.717) is 49.9 Å². The number of esters is 3. The number of amides is 2. The van der Waals surface area contributed by atoms with E-state index in [4.69, 9.17) is 42.0 Å². The van der Waals surface area contributed by atoms with Crippen LogP contribution in [0.1, 0.15) is 110 Å². The summed E-state index contributed by atoms with van der Waals surface area (Å²) in [5.74, 6) is -4.61. The normalized spacial score (nSPS) is 32.1. The third-order valence-electron chi connectivity index (χ3n) is 18.5. The van der Waals surface area contributed by atoms with Gasteiger partial charge in [0.15, 0.2) is 31.9 Å². The molecule has 9 rings (SSSR count). The maximum Gasteiger partial charge on any atom is 0.413 e. The maximum atomic E-state index is 17.0. The molecule has 2 bridgehead atoms. The molecule has 2 saturated carbocycles. The Labute approximate surface area is 463 Å². The van der Waals surface area contributed by atoms with Gasteiger partial charge >= 0.3 is 30.1 Å². The second-order valence-corrected chi connectivity index (χ2v) is 28.2. The summed E-state index contributed by atoms with van der Waals surface area (Å²) in [7, 11) is -0.746. The largest absolute Gasteiger partial charge is 0.472 e. The summed E-state index contributed by atoms with van der Waals surface area (Å²) < 4.78 is 58.2. The van der Waals surface area contributed by atoms with Crippen LogP contribution in [0.25, 0.3) is 0 Å². The molecule has 20 heteroatoms. The molecular formula is C59H77N3O16Si. The molecule has 1 N–H and O–H groups in total. The number of hydrogen-bond acceptors (Lipinski definition) is 17. The molecule has 428 valence electrons. The summed E-state index contributed by atoms with van der Waals surface area (Å²) in [6, 6.07) is 19.8. The van der Waals surface area contributed by atoms with Crippen molar-refractivity contribution >= 4 is 44.2 Å². The smallest absolute Gasteiger partial charge is 0.413 e. The molecule has 3 aliphatic carbocycles. The topological polar surface area (TPSA) is 219 Å². The lowest BCUT2D eigenvalue weighted by Crippen LogP contribution is -2.82. The van der Waals surface area contributed by atoms with Crippen molar-refractivity contribution in [2.24, 2.45) is 16.7 Å². The van der Waals surface area contributed by atoms with Gasteiger partial charge in [0.2, 0.25) is 0 Å². The van der Waals surface area contributed by atoms with Crippen molar-refractivity contribution in [2.45, 2.75) is 166 Å². The predicted molar refractivity (Wildman–Crippen MR) is 287 cm³/mol. The molecule has 0 spiro atoms. The van der Waals surface area contributed by atoms with E-state index in [0.717, 1.165) is 5.56 Å². The van der Waals surface area contributed by atoms with Crippen LogP contribution in [0.4, 0.5) is 9.59 Å². The average molecular weight is 1110 g/mol. The first-order valence-electron chi connectivity index (χ1n) is 27.7. The van der Waals surface area contributed by atoms with Gasteiger partial charge in [-0.05, 0) is 87.8 Å². The fraction of sp³-hybridized carbons (Fsp3) is 0.593. The van der Waals surface area contributed by atoms with Crippen molar-refractivity contribution in [1.29, 1.82) is 0 Å². The van der Waals surface area contributed by atoms with Crippen LogP contribution in [-0.4, -0.2) is 157 Å². The molecular weight excluding hydrogens is 1030 g/mol. The number of aliphatic hydroxyl groups is 1. The maximum absolute atomic E-state index is 17.0. The Hall–Kier alpha value is -5.90. The van der Waals surface area contributed by atoms with Crippen LogP contribution >= 0.6 is 0 Å². The molecule has 2 amide bonds. The third-order valence-corrected chi connectivity index (χ3v) is 23.2. The molecule has 3 aromatic rings. The Morgan fingerprint density at radius 3 is 2.06 bits per heavy atom. The number of piperazine rings is 1. The van der Waals surface area contributed by atoms with Gasteiger partial charge in [-0.15, -0.1) is 0 Å². The molecule has 19 nitrogen and oxygen atoms in total. The van der Waals surface area contributed by atoms with Gasteiger partial charge in [0.05, 0.1) is 42.1 Å². The number of carbonyl (C=O) groups excluding carboxylic acids is 6. The van der Waals surface area contributed by atoms with E-state index < -0.39 is 127 Å². The Kier molecular flexibility index (Phi) is 16.0. The molecule has 6 aliphatic rings. The molecule has 2 unspecified atom stereocenters. The zero-order chi connectivity index (χ0) is 57.0. The van der Waals surface area contributed by atoms with Gasteiger partial charge in [-0.1, -0.05) is 83.1 Å². The first-order valence-corrected chi connectivity index (χ1v) is 30.2. The van der Waals surface area contributed by atoms with Crippen LogP contribution < -0.4 is 0 Å². The van der Waals surface area contributed by atoms with Gasteiger partial charge in [0.1, 0.15) is 42.3 Å². The second-order valence-electron chi connectivity index (χ2n) is 23.5. The van der Waals surface area contributed by atoms with E-state index in [9.17, 15) is 24.3 Å². The van der Waals surface area contributed by atoms with Crippen LogP contribution in [0, 0.1) is 16.7 Å². The number of fused-ring (bicyclic) bond motifs is 5. The molecule has 3 saturated heterocycles. The van der Waals surface area contributed by atoms with Crippen molar-refractivity contribution in [3.63, 3.8) is 0 Å². The molecule has 4 heterocycles. The number of nitrogens with zero attached hydrogens (tertiary/aromatic N) is 3. The number of ether oxygens (including phenoxy) is 7. The highest BCUT2D eigenvalue weighted by Gasteiger charge is 2.79. The lowest BCUT2D eigenvalue weighted by molar-refractivity contribution is -0.344. The Balaban J connectivity index is 1.23. The quantitative estimate of drug-likeness (QED) is 0.0696. The van der Waals surface area contributed by atoms with Crippen LogP contribution in [0.3, 0.4) is 0 Å². The Bertz CT molecular complexity index is 2790. The fourth-order valence-corrected chi connectivity index (χ4v) is 16.6. The summed E-state index contributed by atoms with van der Waals surface area (Å²) in [4.78, 5) is 95.0. The van der Waals surface area contributed by atoms with Crippen LogP contribution in [0.5, 0.6) is 0 Å². The minimum Gasteiger partial charge on any atom is -0.472 e. The van der Waals surface area contributed by atoms with Crippen LogP contribution in [-0.2, 0) is 58.6 Å². The summed E-state index contributed by atoms with van der Waals surface area (Å²) in [5, 5.41) is 14.5. The van der Waals surface area contributed by atoms with Crippen molar-refractivity contribution in [1.82, 2.24) is 14.7 Å². The van der Waals surface area contributed by atoms with Gasteiger partial charge in [0.25, 0.3) is 0 Å². The second kappa shape index (κ2) is 21.9. The number of carbonyl (C=O) groups is 6. The average Bonchev–Trinajstić information content (AvgIpc) is 2.77. The van der Waals surface area contributed by atoms with E-state index in [-0.39, 0.29) is 36.3 Å². The molecule has 2 aromatic carbocycles. The van der Waals surface area contributed by atoms with Crippen molar-refractivity contribution < 1.29 is 75.9 Å². The Morgan fingerprint density at radius 1 is 0.835 bits per heavy atom. The SMILES string of the molecule is CC[Si](CC)(CC)O[C@H]1C[C@H]2OC[C@@]2(OC(C)=O)C2C(OC(=O)c3ccccc3)[C@]3(O)C[C@H](OC(=O)[C@@H]4OC(C)(C)N(C(=O)OCc5ccccc5)[C@H]4c4ccoc4)C(C)=C([C@@H](OC(=O)N4CCN(C)CC4)C(=O)[C@@]21C)C3(C)C. The summed E-state index contributed by atoms with van der Waals surface area (Å²) >= 11 is 0. The Morgan fingerprint density at radius 2 is 1.48 bits per heavy atom. The number of hydrogen-bond donors (Lipinski definition) is 1. The van der Waals surface area contributed by atoms with E-state index in [1.807, 2.05) is 37.4 Å². The van der Waals surface area contributed by atoms with Gasteiger partial charge < -0.3 is 56.9 Å². The van der Waals surface area contributed by atoms with E-state index >= 15 is 9.59 Å². The molecule has 11 atom stereocenters. The summed E-state index contributed by atoms with van der Waals surface area (Å²) in [5.41, 5.74) is -7.42. The molecule has 1 aromatic heterocycles. The van der Waals surface area contributed by atoms with Gasteiger partial charge in [-0.3, -0.25) is 14.5 Å². The monoisotopic (exact) mass is 1110 g/mol. The first kappa shape index (κ1) is 57.8. The summed E-state index contributed by atoms with van der Waals surface area (Å²) in [6.45, 7) is 18.7. The first-order chi connectivity index (χ1) is 37.4. The van der Waals surface area contributed by atoms with E-state index in [1.54, 1.807) is 77.9 Å². The summed E-state index contributed by atoms with van der Waals surface area (Å²) in [6.07, 6.45) is -7.56. The predicted octanol–water partition coefficient (Wildman–Crippen LogP) is 8.16. The fourth-order valence-electron chi connectivity index (χ4n) is 13.6. The highest BCUT2D eigenvalue weighted by atomic mass is 28.4. The van der Waals surface area contributed by atoms with Crippen LogP contribution in [0.2, 0.25) is 18.1 Å². The zero-order valence-corrected chi connectivity index (χ0v) is 48.3.